The second kappa shape index (κ2) is 4.78. The van der Waals surface area contributed by atoms with Gasteiger partial charge in [0.15, 0.2) is 11.4 Å². The van der Waals surface area contributed by atoms with Gasteiger partial charge in [-0.2, -0.15) is 4.39 Å². The number of nitrogens with two attached hydrogens (primary N) is 1. The lowest BCUT2D eigenvalue weighted by molar-refractivity contribution is -0.275. The van der Waals surface area contributed by atoms with Crippen LogP contribution in [0.1, 0.15) is 17.7 Å². The predicted octanol–water partition coefficient (Wildman–Crippen LogP) is 2.52. The van der Waals surface area contributed by atoms with Gasteiger partial charge in [-0.1, -0.05) is 0 Å². The summed E-state index contributed by atoms with van der Waals surface area (Å²) >= 11 is 0. The number of halogens is 6. The molecule has 1 aromatic heterocycles. The molecule has 0 aliphatic rings. The van der Waals surface area contributed by atoms with E-state index in [0.717, 1.165) is 0 Å². The molecule has 9 heteroatoms. The summed E-state index contributed by atoms with van der Waals surface area (Å²) in [6.45, 7) is -0.490. The third-order valence-corrected chi connectivity index (χ3v) is 1.69. The average Bonchev–Trinajstić information content (AvgIpc) is 2.17. The van der Waals surface area contributed by atoms with Crippen LogP contribution >= 0.6 is 0 Å². The van der Waals surface area contributed by atoms with Crippen molar-refractivity contribution in [1.82, 2.24) is 4.98 Å². The smallest absolute Gasteiger partial charge is 0.404 e. The molecule has 2 N–H and O–H groups in total. The molecule has 0 radical (unpaired) electrons. The van der Waals surface area contributed by atoms with E-state index < -0.39 is 42.3 Å². The Bertz CT molecular complexity index is 406. The van der Waals surface area contributed by atoms with Crippen molar-refractivity contribution in [2.45, 2.75) is 19.3 Å². The van der Waals surface area contributed by atoms with Crippen LogP contribution in [0.3, 0.4) is 0 Å². The zero-order chi connectivity index (χ0) is 13.2. The highest BCUT2D eigenvalue weighted by Gasteiger charge is 2.34. The number of rotatable bonds is 3. The van der Waals surface area contributed by atoms with Gasteiger partial charge in [0, 0.05) is 12.1 Å². The fraction of sp³-hybridized carbons (Fsp3) is 0.375. The summed E-state index contributed by atoms with van der Waals surface area (Å²) in [7, 11) is 0. The second-order valence-corrected chi connectivity index (χ2v) is 2.87. The highest BCUT2D eigenvalue weighted by molar-refractivity contribution is 5.33. The fourth-order valence-corrected chi connectivity index (χ4v) is 1.03. The molecule has 0 saturated carbocycles. The molecule has 0 aromatic carbocycles. The van der Waals surface area contributed by atoms with Crippen molar-refractivity contribution in [2.75, 3.05) is 0 Å². The van der Waals surface area contributed by atoms with Gasteiger partial charge < -0.3 is 10.5 Å². The van der Waals surface area contributed by atoms with Crippen LogP contribution in [0, 0.1) is 5.95 Å². The third kappa shape index (κ3) is 3.48. The van der Waals surface area contributed by atoms with Crippen molar-refractivity contribution in [3.05, 3.63) is 23.3 Å². The summed E-state index contributed by atoms with van der Waals surface area (Å²) in [5, 5.41) is 0. The number of hydrogen-bond donors (Lipinski definition) is 1. The van der Waals surface area contributed by atoms with Crippen LogP contribution in [0.2, 0.25) is 0 Å². The number of pyridine rings is 1. The van der Waals surface area contributed by atoms with Crippen molar-refractivity contribution >= 4 is 0 Å². The highest BCUT2D eigenvalue weighted by Crippen LogP contribution is 2.32. The van der Waals surface area contributed by atoms with Gasteiger partial charge in [0.1, 0.15) is 0 Å². The lowest BCUT2D eigenvalue weighted by Gasteiger charge is -2.13. The Balaban J connectivity index is 3.24. The van der Waals surface area contributed by atoms with Gasteiger partial charge in [-0.25, -0.2) is 13.8 Å². The van der Waals surface area contributed by atoms with Crippen molar-refractivity contribution in [2.24, 2.45) is 5.73 Å². The molecule has 0 aliphatic heterocycles. The van der Waals surface area contributed by atoms with Gasteiger partial charge in [-0.05, 0) is 6.07 Å². The molecule has 1 heterocycles. The van der Waals surface area contributed by atoms with E-state index in [-0.39, 0.29) is 0 Å². The monoisotopic (exact) mass is 260 g/mol. The van der Waals surface area contributed by atoms with Crippen molar-refractivity contribution in [3.8, 4) is 5.75 Å². The molecule has 0 bridgehead atoms. The number of hydrogen-bond acceptors (Lipinski definition) is 3. The van der Waals surface area contributed by atoms with Gasteiger partial charge in [0.05, 0.1) is 0 Å². The highest BCUT2D eigenvalue weighted by atomic mass is 19.4. The topological polar surface area (TPSA) is 48.1 Å². The first-order valence-electron chi connectivity index (χ1n) is 4.18. The van der Waals surface area contributed by atoms with E-state index in [0.29, 0.717) is 6.07 Å². The molecule has 96 valence electrons. The Kier molecular flexibility index (Phi) is 3.81. The molecule has 17 heavy (non-hydrogen) atoms. The normalized spacial score (nSPS) is 12.0. The van der Waals surface area contributed by atoms with Crippen LogP contribution in [0.4, 0.5) is 26.3 Å². The first-order chi connectivity index (χ1) is 7.74. The minimum absolute atomic E-state index is 0.450. The third-order valence-electron chi connectivity index (χ3n) is 1.69. The Morgan fingerprint density at radius 3 is 2.35 bits per heavy atom. The average molecular weight is 260 g/mol. The maximum Gasteiger partial charge on any atom is 0.573 e. The quantitative estimate of drug-likeness (QED) is 0.671. The molecule has 3 nitrogen and oxygen atoms in total. The second-order valence-electron chi connectivity index (χ2n) is 2.87. The van der Waals surface area contributed by atoms with Gasteiger partial charge in [-0.3, -0.25) is 0 Å². The number of alkyl halides is 5. The summed E-state index contributed by atoms with van der Waals surface area (Å²) in [5.74, 6) is -2.60. The maximum atomic E-state index is 13.0. The van der Waals surface area contributed by atoms with Gasteiger partial charge in [0.2, 0.25) is 5.95 Å². The zero-order valence-electron chi connectivity index (χ0n) is 8.06. The minimum atomic E-state index is -5.17. The van der Waals surface area contributed by atoms with Gasteiger partial charge in [-0.15, -0.1) is 13.2 Å². The molecule has 1 rings (SSSR count). The summed E-state index contributed by atoms with van der Waals surface area (Å²) in [5.41, 5.74) is 3.14. The van der Waals surface area contributed by atoms with E-state index in [1.54, 1.807) is 0 Å². The molecule has 0 unspecified atom stereocenters. The molecular formula is C8H6F6N2O. The number of nitrogens with zero attached hydrogens (tertiary/aromatic N) is 1. The van der Waals surface area contributed by atoms with Crippen molar-refractivity contribution < 1.29 is 31.1 Å². The van der Waals surface area contributed by atoms with E-state index in [1.807, 2.05) is 0 Å². The minimum Gasteiger partial charge on any atom is -0.404 e. The van der Waals surface area contributed by atoms with Gasteiger partial charge in [0.25, 0.3) is 6.43 Å². The maximum absolute atomic E-state index is 13.0. The van der Waals surface area contributed by atoms with E-state index >= 15 is 0 Å². The first-order valence-corrected chi connectivity index (χ1v) is 4.18. The number of ether oxygens (including phenoxy) is 1. The summed E-state index contributed by atoms with van der Waals surface area (Å²) < 4.78 is 76.6. The molecular weight excluding hydrogens is 254 g/mol. The standard InChI is InChI=1S/C8H6F6N2O/c9-6(10)5-4(17-8(12,13)14)1-3(2-15)7(11)16-5/h1,6H,2,15H2. The van der Waals surface area contributed by atoms with Crippen LogP contribution in [-0.2, 0) is 6.54 Å². The molecule has 0 fully saturated rings. The predicted molar refractivity (Wildman–Crippen MR) is 43.7 cm³/mol. The van der Waals surface area contributed by atoms with Crippen LogP contribution < -0.4 is 10.5 Å². The van der Waals surface area contributed by atoms with Crippen LogP contribution in [-0.4, -0.2) is 11.3 Å². The molecule has 0 spiro atoms. The summed E-state index contributed by atoms with van der Waals surface area (Å²) in [4.78, 5) is 2.71. The molecule has 0 atom stereocenters. The summed E-state index contributed by atoms with van der Waals surface area (Å²) in [6.07, 6.45) is -8.57. The first kappa shape index (κ1) is 13.6. The Morgan fingerprint density at radius 2 is 1.94 bits per heavy atom. The molecule has 1 aromatic rings. The van der Waals surface area contributed by atoms with E-state index in [1.165, 1.54) is 0 Å². The SMILES string of the molecule is NCc1cc(OC(F)(F)F)c(C(F)F)nc1F. The van der Waals surface area contributed by atoms with Crippen LogP contribution in [0.25, 0.3) is 0 Å². The van der Waals surface area contributed by atoms with Crippen molar-refractivity contribution in [1.29, 1.82) is 0 Å². The Labute approximate surface area is 91.2 Å². The van der Waals surface area contributed by atoms with Gasteiger partial charge >= 0.3 is 6.36 Å². The van der Waals surface area contributed by atoms with E-state index in [4.69, 9.17) is 5.73 Å². The molecule has 0 aliphatic carbocycles. The Hall–Kier alpha value is -1.51. The van der Waals surface area contributed by atoms with Crippen LogP contribution in [0.15, 0.2) is 6.07 Å². The summed E-state index contributed by atoms with van der Waals surface area (Å²) in [6, 6.07) is 0.456. The fourth-order valence-electron chi connectivity index (χ4n) is 1.03. The van der Waals surface area contributed by atoms with Crippen LogP contribution in [0.5, 0.6) is 5.75 Å². The number of aromatic nitrogens is 1. The van der Waals surface area contributed by atoms with Crippen molar-refractivity contribution in [3.63, 3.8) is 0 Å². The molecule has 0 amide bonds. The zero-order valence-corrected chi connectivity index (χ0v) is 8.06. The lowest BCUT2D eigenvalue weighted by Crippen LogP contribution is -2.19. The van der Waals surface area contributed by atoms with E-state index in [2.05, 4.69) is 9.72 Å². The Morgan fingerprint density at radius 1 is 1.35 bits per heavy atom. The largest absolute Gasteiger partial charge is 0.573 e. The lowest BCUT2D eigenvalue weighted by atomic mass is 10.2. The van der Waals surface area contributed by atoms with E-state index in [9.17, 15) is 26.3 Å². The molecule has 0 saturated heterocycles.